The highest BCUT2D eigenvalue weighted by Gasteiger charge is 2.15. The number of ether oxygens (including phenoxy) is 1. The lowest BCUT2D eigenvalue weighted by molar-refractivity contribution is -0.139. The highest BCUT2D eigenvalue weighted by atomic mass is 79.9. The summed E-state index contributed by atoms with van der Waals surface area (Å²) in [5.41, 5.74) is 0.688. The largest absolute Gasteiger partial charge is 0.469 e. The number of aromatic nitrogens is 1. The van der Waals surface area contributed by atoms with Gasteiger partial charge in [-0.1, -0.05) is 22.0 Å². The molecule has 88 valence electrons. The Morgan fingerprint density at radius 1 is 1.62 bits per heavy atom. The molecule has 0 aliphatic carbocycles. The van der Waals surface area contributed by atoms with Gasteiger partial charge in [0.15, 0.2) is 0 Å². The van der Waals surface area contributed by atoms with E-state index in [1.807, 2.05) is 0 Å². The summed E-state index contributed by atoms with van der Waals surface area (Å²) in [5.74, 6) is -0.424. The molecule has 0 fully saturated rings. The molecule has 16 heavy (non-hydrogen) atoms. The Balaban J connectivity index is 2.95. The molecule has 1 heterocycles. The number of alkyl halides is 3. The second kappa shape index (κ2) is 5.89. The molecule has 1 aromatic heterocycles. The first-order valence-electron chi connectivity index (χ1n) is 4.47. The molecule has 0 amide bonds. The number of methoxy groups -OCH3 is 1. The van der Waals surface area contributed by atoms with Crippen molar-refractivity contribution in [1.82, 2.24) is 4.98 Å². The molecule has 0 radical (unpaired) electrons. The van der Waals surface area contributed by atoms with Crippen molar-refractivity contribution < 1.29 is 18.3 Å². The number of esters is 1. The van der Waals surface area contributed by atoms with E-state index in [0.717, 1.165) is 0 Å². The van der Waals surface area contributed by atoms with E-state index in [0.29, 0.717) is 11.1 Å². The van der Waals surface area contributed by atoms with Crippen LogP contribution in [0.25, 0.3) is 0 Å². The van der Waals surface area contributed by atoms with Gasteiger partial charge in [0.1, 0.15) is 5.69 Å². The highest BCUT2D eigenvalue weighted by molar-refractivity contribution is 9.08. The maximum atomic E-state index is 12.5. The third-order valence-electron chi connectivity index (χ3n) is 1.98. The van der Waals surface area contributed by atoms with Crippen LogP contribution in [-0.4, -0.2) is 18.1 Å². The summed E-state index contributed by atoms with van der Waals surface area (Å²) < 4.78 is 29.5. The Labute approximate surface area is 99.9 Å². The van der Waals surface area contributed by atoms with Crippen molar-refractivity contribution in [1.29, 1.82) is 0 Å². The minimum Gasteiger partial charge on any atom is -0.469 e. The summed E-state index contributed by atoms with van der Waals surface area (Å²) in [6.45, 7) is 0. The Hall–Kier alpha value is -1.04. The van der Waals surface area contributed by atoms with Crippen LogP contribution in [0.4, 0.5) is 8.78 Å². The number of hydrogen-bond donors (Lipinski definition) is 0. The van der Waals surface area contributed by atoms with Gasteiger partial charge in [-0.15, -0.1) is 0 Å². The maximum Gasteiger partial charge on any atom is 0.310 e. The zero-order chi connectivity index (χ0) is 12.1. The van der Waals surface area contributed by atoms with Gasteiger partial charge in [-0.05, 0) is 11.1 Å². The monoisotopic (exact) mass is 293 g/mol. The molecule has 1 aromatic rings. The van der Waals surface area contributed by atoms with Crippen molar-refractivity contribution in [3.05, 3.63) is 29.1 Å². The molecule has 0 saturated carbocycles. The van der Waals surface area contributed by atoms with Crippen molar-refractivity contribution in [3.8, 4) is 0 Å². The summed E-state index contributed by atoms with van der Waals surface area (Å²) in [5, 5.41) is 0.273. The summed E-state index contributed by atoms with van der Waals surface area (Å²) in [4.78, 5) is 14.6. The molecule has 6 heteroatoms. The van der Waals surface area contributed by atoms with Gasteiger partial charge < -0.3 is 4.74 Å². The van der Waals surface area contributed by atoms with Gasteiger partial charge in [0.05, 0.1) is 13.5 Å². The van der Waals surface area contributed by atoms with Crippen LogP contribution in [-0.2, 0) is 21.3 Å². The van der Waals surface area contributed by atoms with E-state index >= 15 is 0 Å². The Bertz CT molecular complexity index is 385. The summed E-state index contributed by atoms with van der Waals surface area (Å²) in [6.07, 6.45) is -1.31. The molecule has 0 aliphatic heterocycles. The Morgan fingerprint density at radius 2 is 2.31 bits per heavy atom. The molecule has 0 unspecified atom stereocenters. The van der Waals surface area contributed by atoms with Crippen LogP contribution in [0, 0.1) is 0 Å². The molecule has 0 aromatic carbocycles. The lowest BCUT2D eigenvalue weighted by atomic mass is 10.1. The second-order valence-electron chi connectivity index (χ2n) is 3.08. The number of halogens is 3. The number of rotatable bonds is 4. The molecule has 1 rings (SSSR count). The van der Waals surface area contributed by atoms with Crippen LogP contribution in [0.15, 0.2) is 12.3 Å². The van der Waals surface area contributed by atoms with E-state index < -0.39 is 12.4 Å². The predicted molar refractivity (Wildman–Crippen MR) is 57.5 cm³/mol. The Morgan fingerprint density at radius 3 is 2.81 bits per heavy atom. The zero-order valence-corrected chi connectivity index (χ0v) is 10.1. The third-order valence-corrected chi connectivity index (χ3v) is 2.59. The van der Waals surface area contributed by atoms with E-state index in [9.17, 15) is 13.6 Å². The van der Waals surface area contributed by atoms with Crippen molar-refractivity contribution in [2.24, 2.45) is 0 Å². The smallest absolute Gasteiger partial charge is 0.310 e. The molecule has 0 saturated heterocycles. The number of carbonyl (C=O) groups excluding carboxylic acids is 1. The van der Waals surface area contributed by atoms with Gasteiger partial charge >= 0.3 is 5.97 Å². The average Bonchev–Trinajstić information content (AvgIpc) is 2.28. The molecule has 0 bridgehead atoms. The SMILES string of the molecule is COC(=O)Cc1cnc(C(F)F)c(CBr)c1. The van der Waals surface area contributed by atoms with Gasteiger partial charge in [-0.2, -0.15) is 0 Å². The standard InChI is InChI=1S/C10H10BrF2NO2/c1-16-8(15)3-6-2-7(4-11)9(10(12)13)14-5-6/h2,5,10H,3-4H2,1H3. The fourth-order valence-corrected chi connectivity index (χ4v) is 1.66. The topological polar surface area (TPSA) is 39.2 Å². The first-order chi connectivity index (χ1) is 7.58. The first kappa shape index (κ1) is 13.0. The first-order valence-corrected chi connectivity index (χ1v) is 5.59. The summed E-state index contributed by atoms with van der Waals surface area (Å²) >= 11 is 3.10. The van der Waals surface area contributed by atoms with Crippen LogP contribution < -0.4 is 0 Å². The van der Waals surface area contributed by atoms with Crippen LogP contribution in [0.2, 0.25) is 0 Å². The van der Waals surface area contributed by atoms with Gasteiger partial charge in [-0.25, -0.2) is 8.78 Å². The fourth-order valence-electron chi connectivity index (χ4n) is 1.21. The third kappa shape index (κ3) is 3.23. The van der Waals surface area contributed by atoms with Crippen LogP contribution in [0.3, 0.4) is 0 Å². The Kier molecular flexibility index (Phi) is 4.79. The summed E-state index contributed by atoms with van der Waals surface area (Å²) in [7, 11) is 1.27. The lowest BCUT2D eigenvalue weighted by Gasteiger charge is -2.07. The number of carbonyl (C=O) groups is 1. The normalized spacial score (nSPS) is 10.6. The molecule has 0 atom stereocenters. The van der Waals surface area contributed by atoms with Gasteiger partial charge in [0.25, 0.3) is 6.43 Å². The number of pyridine rings is 1. The maximum absolute atomic E-state index is 12.5. The van der Waals surface area contributed by atoms with Gasteiger partial charge in [-0.3, -0.25) is 9.78 Å². The minimum atomic E-state index is -2.61. The molecular formula is C10H10BrF2NO2. The molecule has 0 N–H and O–H groups in total. The lowest BCUT2D eigenvalue weighted by Crippen LogP contribution is -2.06. The zero-order valence-electron chi connectivity index (χ0n) is 8.54. The number of hydrogen-bond acceptors (Lipinski definition) is 3. The van der Waals surface area contributed by atoms with E-state index in [1.165, 1.54) is 19.4 Å². The van der Waals surface area contributed by atoms with Crippen molar-refractivity contribution in [2.45, 2.75) is 18.2 Å². The fraction of sp³-hybridized carbons (Fsp3) is 0.400. The highest BCUT2D eigenvalue weighted by Crippen LogP contribution is 2.23. The van der Waals surface area contributed by atoms with Crippen LogP contribution >= 0.6 is 15.9 Å². The molecule has 3 nitrogen and oxygen atoms in total. The van der Waals surface area contributed by atoms with E-state index in [1.54, 1.807) is 0 Å². The second-order valence-corrected chi connectivity index (χ2v) is 3.64. The van der Waals surface area contributed by atoms with Crippen molar-refractivity contribution >= 4 is 21.9 Å². The minimum absolute atomic E-state index is 0.0347. The predicted octanol–water partition coefficient (Wildman–Crippen LogP) is 2.63. The number of nitrogens with zero attached hydrogens (tertiary/aromatic N) is 1. The summed E-state index contributed by atoms with van der Waals surface area (Å²) in [6, 6.07) is 1.53. The van der Waals surface area contributed by atoms with Crippen molar-refractivity contribution in [2.75, 3.05) is 7.11 Å². The quantitative estimate of drug-likeness (QED) is 0.633. The van der Waals surface area contributed by atoms with Gasteiger partial charge in [0.2, 0.25) is 0 Å². The van der Waals surface area contributed by atoms with Crippen LogP contribution in [0.5, 0.6) is 0 Å². The van der Waals surface area contributed by atoms with Crippen LogP contribution in [0.1, 0.15) is 23.2 Å². The molecule has 0 aliphatic rings. The molecular weight excluding hydrogens is 284 g/mol. The van der Waals surface area contributed by atoms with E-state index in [-0.39, 0.29) is 17.4 Å². The van der Waals surface area contributed by atoms with Crippen molar-refractivity contribution in [3.63, 3.8) is 0 Å². The van der Waals surface area contributed by atoms with Gasteiger partial charge in [0, 0.05) is 11.5 Å². The van der Waals surface area contributed by atoms with E-state index in [4.69, 9.17) is 0 Å². The average molecular weight is 294 g/mol. The molecule has 0 spiro atoms. The van der Waals surface area contributed by atoms with E-state index in [2.05, 4.69) is 25.7 Å².